The zero-order valence-electron chi connectivity index (χ0n) is 16.3. The molecule has 0 aliphatic rings. The van der Waals surface area contributed by atoms with E-state index < -0.39 is 23.5 Å². The third-order valence-electron chi connectivity index (χ3n) is 3.75. The number of methoxy groups -OCH3 is 1. The first kappa shape index (κ1) is 21.6. The lowest BCUT2D eigenvalue weighted by atomic mass is 10.1. The highest BCUT2D eigenvalue weighted by atomic mass is 16.5. The summed E-state index contributed by atoms with van der Waals surface area (Å²) in [6, 6.07) is 12.5. The van der Waals surface area contributed by atoms with Crippen LogP contribution in [-0.4, -0.2) is 56.2 Å². The molecule has 0 aliphatic carbocycles. The van der Waals surface area contributed by atoms with Crippen LogP contribution in [0.15, 0.2) is 48.5 Å². The molecule has 3 N–H and O–H groups in total. The number of carbonyl (C=O) groups excluding carboxylic acids is 4. The van der Waals surface area contributed by atoms with Crippen molar-refractivity contribution in [1.82, 2.24) is 15.8 Å². The molecule has 2 aromatic carbocycles. The summed E-state index contributed by atoms with van der Waals surface area (Å²) in [4.78, 5) is 50.2. The molecule has 0 aromatic heterocycles. The van der Waals surface area contributed by atoms with Gasteiger partial charge in [0.15, 0.2) is 0 Å². The van der Waals surface area contributed by atoms with Crippen molar-refractivity contribution in [2.24, 2.45) is 0 Å². The van der Waals surface area contributed by atoms with Crippen LogP contribution in [0.4, 0.5) is 5.69 Å². The minimum atomic E-state index is -1.02. The SMILES string of the molecule is COc1ccc(C(=O)Nc2ccccc2C(=O)C(=O)NNC(=O)CN(C)C)cc1. The summed E-state index contributed by atoms with van der Waals surface area (Å²) in [6.45, 7) is 0.0446. The quantitative estimate of drug-likeness (QED) is 0.362. The van der Waals surface area contributed by atoms with Gasteiger partial charge in [0.05, 0.1) is 24.9 Å². The molecule has 0 heterocycles. The van der Waals surface area contributed by atoms with Gasteiger partial charge in [0.25, 0.3) is 17.6 Å². The van der Waals surface area contributed by atoms with Gasteiger partial charge in [0.2, 0.25) is 0 Å². The molecule has 2 rings (SSSR count). The highest BCUT2D eigenvalue weighted by molar-refractivity contribution is 6.44. The first-order chi connectivity index (χ1) is 13.8. The molecule has 29 heavy (non-hydrogen) atoms. The number of para-hydroxylation sites is 1. The summed E-state index contributed by atoms with van der Waals surface area (Å²) in [6.07, 6.45) is 0. The molecule has 0 spiro atoms. The monoisotopic (exact) mass is 398 g/mol. The van der Waals surface area contributed by atoms with E-state index in [4.69, 9.17) is 4.74 Å². The predicted octanol–water partition coefficient (Wildman–Crippen LogP) is 0.839. The van der Waals surface area contributed by atoms with E-state index in [1.54, 1.807) is 55.4 Å². The third kappa shape index (κ3) is 6.15. The van der Waals surface area contributed by atoms with Gasteiger partial charge in [-0.05, 0) is 50.5 Å². The average Bonchev–Trinajstić information content (AvgIpc) is 2.71. The third-order valence-corrected chi connectivity index (χ3v) is 3.75. The fourth-order valence-corrected chi connectivity index (χ4v) is 2.36. The van der Waals surface area contributed by atoms with Crippen molar-refractivity contribution >= 4 is 29.2 Å². The second kappa shape index (κ2) is 10.00. The van der Waals surface area contributed by atoms with Crippen LogP contribution in [0.1, 0.15) is 20.7 Å². The minimum absolute atomic E-state index is 0.00581. The van der Waals surface area contributed by atoms with Crippen LogP contribution >= 0.6 is 0 Å². The second-order valence-corrected chi connectivity index (χ2v) is 6.30. The van der Waals surface area contributed by atoms with Gasteiger partial charge >= 0.3 is 5.91 Å². The van der Waals surface area contributed by atoms with Crippen LogP contribution in [0.25, 0.3) is 0 Å². The van der Waals surface area contributed by atoms with Gasteiger partial charge in [-0.3, -0.25) is 30.0 Å². The number of ketones is 1. The van der Waals surface area contributed by atoms with E-state index in [9.17, 15) is 19.2 Å². The molecule has 9 heteroatoms. The summed E-state index contributed by atoms with van der Waals surface area (Å²) >= 11 is 0. The summed E-state index contributed by atoms with van der Waals surface area (Å²) < 4.78 is 5.05. The number of carbonyl (C=O) groups is 4. The molecular weight excluding hydrogens is 376 g/mol. The molecule has 2 aromatic rings. The Balaban J connectivity index is 2.08. The van der Waals surface area contributed by atoms with Crippen LogP contribution in [0.2, 0.25) is 0 Å². The standard InChI is InChI=1S/C20H22N4O5/c1-24(2)12-17(25)22-23-20(28)18(26)15-6-4-5-7-16(15)21-19(27)13-8-10-14(29-3)11-9-13/h4-11H,12H2,1-3H3,(H,21,27)(H,22,25)(H,23,28). The van der Waals surface area contributed by atoms with Crippen molar-refractivity contribution in [3.8, 4) is 5.75 Å². The van der Waals surface area contributed by atoms with Gasteiger partial charge in [0, 0.05) is 5.56 Å². The zero-order chi connectivity index (χ0) is 21.4. The van der Waals surface area contributed by atoms with Crippen molar-refractivity contribution in [1.29, 1.82) is 0 Å². The predicted molar refractivity (Wildman–Crippen MR) is 107 cm³/mol. The summed E-state index contributed by atoms with van der Waals surface area (Å²) in [7, 11) is 4.90. The fourth-order valence-electron chi connectivity index (χ4n) is 2.36. The summed E-state index contributed by atoms with van der Waals surface area (Å²) in [5, 5.41) is 2.62. The molecule has 0 aliphatic heterocycles. The second-order valence-electron chi connectivity index (χ2n) is 6.30. The number of benzene rings is 2. The largest absolute Gasteiger partial charge is 0.497 e. The Labute approximate surface area is 168 Å². The van der Waals surface area contributed by atoms with E-state index in [1.165, 1.54) is 19.2 Å². The number of hydrogen-bond donors (Lipinski definition) is 3. The Hall–Kier alpha value is -3.72. The number of likely N-dealkylation sites (N-methyl/N-ethyl adjacent to an activating group) is 1. The normalized spacial score (nSPS) is 10.2. The number of hydrogen-bond acceptors (Lipinski definition) is 6. The maximum absolute atomic E-state index is 12.5. The molecule has 0 unspecified atom stereocenters. The van der Waals surface area contributed by atoms with Gasteiger partial charge in [-0.15, -0.1) is 0 Å². The molecule has 9 nitrogen and oxygen atoms in total. The van der Waals surface area contributed by atoms with E-state index in [2.05, 4.69) is 16.2 Å². The number of rotatable bonds is 7. The Morgan fingerprint density at radius 1 is 0.931 bits per heavy atom. The van der Waals surface area contributed by atoms with Crippen LogP contribution in [-0.2, 0) is 9.59 Å². The summed E-state index contributed by atoms with van der Waals surface area (Å²) in [5.41, 5.74) is 4.75. The van der Waals surface area contributed by atoms with E-state index >= 15 is 0 Å². The Morgan fingerprint density at radius 2 is 1.59 bits per heavy atom. The van der Waals surface area contributed by atoms with Gasteiger partial charge < -0.3 is 15.0 Å². The number of Topliss-reactive ketones (excluding diaryl/α,β-unsaturated/α-hetero) is 1. The van der Waals surface area contributed by atoms with Crippen molar-refractivity contribution in [2.75, 3.05) is 33.1 Å². The average molecular weight is 398 g/mol. The topological polar surface area (TPSA) is 117 Å². The lowest BCUT2D eigenvalue weighted by molar-refractivity contribution is -0.127. The maximum Gasteiger partial charge on any atom is 0.310 e. The minimum Gasteiger partial charge on any atom is -0.497 e. The van der Waals surface area contributed by atoms with E-state index in [-0.39, 0.29) is 17.8 Å². The van der Waals surface area contributed by atoms with E-state index in [0.717, 1.165) is 0 Å². The maximum atomic E-state index is 12.5. The van der Waals surface area contributed by atoms with Crippen LogP contribution in [0.3, 0.4) is 0 Å². The number of amides is 3. The highest BCUT2D eigenvalue weighted by Gasteiger charge is 2.21. The van der Waals surface area contributed by atoms with Crippen LogP contribution < -0.4 is 20.9 Å². The lowest BCUT2D eigenvalue weighted by Crippen LogP contribution is -2.47. The Kier molecular flexibility index (Phi) is 7.44. The van der Waals surface area contributed by atoms with Gasteiger partial charge in [0.1, 0.15) is 5.75 Å². The molecular formula is C20H22N4O5. The molecule has 0 radical (unpaired) electrons. The Morgan fingerprint density at radius 3 is 2.21 bits per heavy atom. The first-order valence-corrected chi connectivity index (χ1v) is 8.64. The molecule has 0 saturated carbocycles. The molecule has 3 amide bonds. The number of ether oxygens (including phenoxy) is 1. The number of nitrogens with zero attached hydrogens (tertiary/aromatic N) is 1. The van der Waals surface area contributed by atoms with Crippen molar-refractivity contribution < 1.29 is 23.9 Å². The molecule has 0 saturated heterocycles. The van der Waals surface area contributed by atoms with Crippen molar-refractivity contribution in [3.63, 3.8) is 0 Å². The lowest BCUT2D eigenvalue weighted by Gasteiger charge is -2.12. The first-order valence-electron chi connectivity index (χ1n) is 8.64. The van der Waals surface area contributed by atoms with Crippen LogP contribution in [0.5, 0.6) is 5.75 Å². The van der Waals surface area contributed by atoms with Crippen molar-refractivity contribution in [3.05, 3.63) is 59.7 Å². The van der Waals surface area contributed by atoms with Crippen molar-refractivity contribution in [2.45, 2.75) is 0 Å². The smallest absolute Gasteiger partial charge is 0.310 e. The number of nitrogens with one attached hydrogen (secondary N) is 3. The van der Waals surface area contributed by atoms with Crippen LogP contribution in [0, 0.1) is 0 Å². The van der Waals surface area contributed by atoms with Gasteiger partial charge in [-0.1, -0.05) is 12.1 Å². The molecule has 0 bridgehead atoms. The Bertz CT molecular complexity index is 909. The van der Waals surface area contributed by atoms with Gasteiger partial charge in [-0.2, -0.15) is 0 Å². The number of hydrazine groups is 1. The van der Waals surface area contributed by atoms with E-state index in [1.807, 2.05) is 0 Å². The van der Waals surface area contributed by atoms with Gasteiger partial charge in [-0.25, -0.2) is 0 Å². The van der Waals surface area contributed by atoms with E-state index in [0.29, 0.717) is 11.3 Å². The number of anilines is 1. The molecule has 0 fully saturated rings. The summed E-state index contributed by atoms with van der Waals surface area (Å²) in [5.74, 6) is -2.25. The zero-order valence-corrected chi connectivity index (χ0v) is 16.3. The highest BCUT2D eigenvalue weighted by Crippen LogP contribution is 2.18. The molecule has 0 atom stereocenters. The fraction of sp³-hybridized carbons (Fsp3) is 0.200. The molecule has 152 valence electrons.